The van der Waals surface area contributed by atoms with Crippen molar-refractivity contribution >= 4 is 0 Å². The minimum atomic E-state index is 0.337. The van der Waals surface area contributed by atoms with Gasteiger partial charge >= 0.3 is 0 Å². The molecule has 13 heavy (non-hydrogen) atoms. The van der Waals surface area contributed by atoms with Gasteiger partial charge < -0.3 is 5.73 Å². The fourth-order valence-electron chi connectivity index (χ4n) is 1.62. The van der Waals surface area contributed by atoms with Gasteiger partial charge in [-0.25, -0.2) is 9.97 Å². The third-order valence-corrected chi connectivity index (χ3v) is 2.29. The van der Waals surface area contributed by atoms with Crippen LogP contribution in [0.5, 0.6) is 0 Å². The molecule has 1 aliphatic heterocycles. The van der Waals surface area contributed by atoms with Gasteiger partial charge in [-0.15, -0.1) is 0 Å². The van der Waals surface area contributed by atoms with Gasteiger partial charge in [0.25, 0.3) is 0 Å². The van der Waals surface area contributed by atoms with Crippen LogP contribution in [0.2, 0.25) is 0 Å². The largest absolute Gasteiger partial charge is 0.326 e. The zero-order valence-electron chi connectivity index (χ0n) is 7.56. The predicted octanol–water partition coefficient (Wildman–Crippen LogP) is 0.00960. The number of rotatable bonds is 2. The van der Waals surface area contributed by atoms with Gasteiger partial charge in [-0.1, -0.05) is 0 Å². The van der Waals surface area contributed by atoms with E-state index in [-0.39, 0.29) is 0 Å². The van der Waals surface area contributed by atoms with E-state index in [1.807, 2.05) is 6.07 Å². The fraction of sp³-hybridized carbons (Fsp3) is 0.556. The summed E-state index contributed by atoms with van der Waals surface area (Å²) in [5, 5.41) is 0. The summed E-state index contributed by atoms with van der Waals surface area (Å²) in [6.07, 6.45) is 4.64. The van der Waals surface area contributed by atoms with Crippen LogP contribution in [-0.2, 0) is 6.54 Å². The topological polar surface area (TPSA) is 55.0 Å². The number of aromatic nitrogens is 2. The second-order valence-electron chi connectivity index (χ2n) is 3.45. The molecule has 0 spiro atoms. The lowest BCUT2D eigenvalue weighted by atomic mass is 10.3. The van der Waals surface area contributed by atoms with E-state index in [0.29, 0.717) is 6.04 Å². The molecule has 2 N–H and O–H groups in total. The van der Waals surface area contributed by atoms with E-state index >= 15 is 0 Å². The van der Waals surface area contributed by atoms with Gasteiger partial charge in [0.05, 0.1) is 6.54 Å². The summed E-state index contributed by atoms with van der Waals surface area (Å²) in [6, 6.07) is 2.17. The lowest BCUT2D eigenvalue weighted by Gasteiger charge is -2.12. The molecule has 70 valence electrons. The molecule has 1 saturated heterocycles. The van der Waals surface area contributed by atoms with E-state index in [1.165, 1.54) is 0 Å². The first-order valence-corrected chi connectivity index (χ1v) is 4.58. The Hall–Kier alpha value is -1.00. The number of likely N-dealkylation sites (tertiary alicyclic amines) is 1. The molecule has 1 atom stereocenters. The van der Waals surface area contributed by atoms with Crippen molar-refractivity contribution in [3.8, 4) is 0 Å². The highest BCUT2D eigenvalue weighted by Crippen LogP contribution is 2.08. The zero-order valence-corrected chi connectivity index (χ0v) is 7.56. The van der Waals surface area contributed by atoms with Crippen LogP contribution in [-0.4, -0.2) is 34.0 Å². The number of nitrogens with zero attached hydrogens (tertiary/aromatic N) is 3. The van der Waals surface area contributed by atoms with Gasteiger partial charge in [0, 0.05) is 31.5 Å². The van der Waals surface area contributed by atoms with Crippen LogP contribution < -0.4 is 5.73 Å². The van der Waals surface area contributed by atoms with Crippen molar-refractivity contribution in [2.24, 2.45) is 5.73 Å². The summed E-state index contributed by atoms with van der Waals surface area (Å²) in [7, 11) is 0. The minimum absolute atomic E-state index is 0.337. The molecular weight excluding hydrogens is 164 g/mol. The molecule has 2 heterocycles. The summed E-state index contributed by atoms with van der Waals surface area (Å²) < 4.78 is 0. The Morgan fingerprint density at radius 2 is 2.23 bits per heavy atom. The summed E-state index contributed by atoms with van der Waals surface area (Å²) >= 11 is 0. The van der Waals surface area contributed by atoms with Crippen LogP contribution in [0, 0.1) is 0 Å². The number of hydrogen-bond donors (Lipinski definition) is 1. The molecule has 0 unspecified atom stereocenters. The van der Waals surface area contributed by atoms with Crippen molar-refractivity contribution < 1.29 is 0 Å². The quantitative estimate of drug-likeness (QED) is 0.693. The molecule has 0 bridgehead atoms. The first-order chi connectivity index (χ1) is 6.34. The van der Waals surface area contributed by atoms with Gasteiger partial charge in [-0.2, -0.15) is 0 Å². The maximum absolute atomic E-state index is 5.80. The Morgan fingerprint density at radius 3 is 2.85 bits per heavy atom. The van der Waals surface area contributed by atoms with Crippen molar-refractivity contribution in [1.29, 1.82) is 0 Å². The highest BCUT2D eigenvalue weighted by molar-refractivity contribution is 4.90. The summed E-state index contributed by atoms with van der Waals surface area (Å²) in [5.41, 5.74) is 5.80. The first-order valence-electron chi connectivity index (χ1n) is 4.58. The molecule has 1 fully saturated rings. The van der Waals surface area contributed by atoms with E-state index in [0.717, 1.165) is 31.9 Å². The molecule has 0 aliphatic carbocycles. The van der Waals surface area contributed by atoms with Gasteiger partial charge in [0.2, 0.25) is 0 Å². The molecule has 0 aromatic carbocycles. The Bertz CT molecular complexity index is 262. The smallest absolute Gasteiger partial charge is 0.142 e. The second kappa shape index (κ2) is 3.81. The Morgan fingerprint density at radius 1 is 1.46 bits per heavy atom. The Kier molecular flexibility index (Phi) is 2.52. The number of hydrogen-bond acceptors (Lipinski definition) is 4. The van der Waals surface area contributed by atoms with Crippen molar-refractivity contribution in [1.82, 2.24) is 14.9 Å². The van der Waals surface area contributed by atoms with E-state index < -0.39 is 0 Å². The third-order valence-electron chi connectivity index (χ3n) is 2.29. The molecule has 4 heteroatoms. The van der Waals surface area contributed by atoms with Crippen LogP contribution in [0.4, 0.5) is 0 Å². The fourth-order valence-corrected chi connectivity index (χ4v) is 1.62. The average molecular weight is 178 g/mol. The Labute approximate surface area is 77.8 Å². The molecular formula is C9H14N4. The molecule has 1 aliphatic rings. The van der Waals surface area contributed by atoms with Crippen LogP contribution in [0.1, 0.15) is 12.2 Å². The molecule has 1 aromatic rings. The van der Waals surface area contributed by atoms with E-state index in [1.54, 1.807) is 12.4 Å². The van der Waals surface area contributed by atoms with Crippen LogP contribution >= 0.6 is 0 Å². The van der Waals surface area contributed by atoms with E-state index in [4.69, 9.17) is 5.73 Å². The van der Waals surface area contributed by atoms with Gasteiger partial charge in [-0.3, -0.25) is 4.90 Å². The van der Waals surface area contributed by atoms with Crippen LogP contribution in [0.25, 0.3) is 0 Å². The van der Waals surface area contributed by atoms with Crippen molar-refractivity contribution in [3.63, 3.8) is 0 Å². The summed E-state index contributed by atoms with van der Waals surface area (Å²) in [6.45, 7) is 2.87. The van der Waals surface area contributed by atoms with E-state index in [2.05, 4.69) is 14.9 Å². The normalized spacial score (nSPS) is 23.6. The average Bonchev–Trinajstić information content (AvgIpc) is 2.53. The second-order valence-corrected chi connectivity index (χ2v) is 3.45. The van der Waals surface area contributed by atoms with E-state index in [9.17, 15) is 0 Å². The highest BCUT2D eigenvalue weighted by atomic mass is 15.2. The maximum atomic E-state index is 5.80. The number of nitrogens with two attached hydrogens (primary N) is 1. The summed E-state index contributed by atoms with van der Waals surface area (Å²) in [5.74, 6) is 0.886. The van der Waals surface area contributed by atoms with Crippen LogP contribution in [0.3, 0.4) is 0 Å². The first kappa shape index (κ1) is 8.59. The van der Waals surface area contributed by atoms with Crippen LogP contribution in [0.15, 0.2) is 18.5 Å². The van der Waals surface area contributed by atoms with Gasteiger partial charge in [0.15, 0.2) is 0 Å². The maximum Gasteiger partial charge on any atom is 0.142 e. The molecule has 0 saturated carbocycles. The molecule has 4 nitrogen and oxygen atoms in total. The van der Waals surface area contributed by atoms with Crippen molar-refractivity contribution in [3.05, 3.63) is 24.3 Å². The molecule has 1 aromatic heterocycles. The Balaban J connectivity index is 1.92. The van der Waals surface area contributed by atoms with Gasteiger partial charge in [0.1, 0.15) is 5.82 Å². The highest BCUT2D eigenvalue weighted by Gasteiger charge is 2.19. The van der Waals surface area contributed by atoms with Crippen molar-refractivity contribution in [2.75, 3.05) is 13.1 Å². The SMILES string of the molecule is N[C@H]1CCN(Cc2ncccn2)C1. The molecule has 0 amide bonds. The predicted molar refractivity (Wildman–Crippen MR) is 49.9 cm³/mol. The molecule has 2 rings (SSSR count). The lowest BCUT2D eigenvalue weighted by molar-refractivity contribution is 0.318. The zero-order chi connectivity index (χ0) is 9.10. The summed E-state index contributed by atoms with van der Waals surface area (Å²) in [4.78, 5) is 10.6. The van der Waals surface area contributed by atoms with Gasteiger partial charge in [-0.05, 0) is 12.5 Å². The van der Waals surface area contributed by atoms with Crippen molar-refractivity contribution in [2.45, 2.75) is 19.0 Å². The molecule has 0 radical (unpaired) electrons. The standard InChI is InChI=1S/C9H14N4/c10-8-2-5-13(6-8)7-9-11-3-1-4-12-9/h1,3-4,8H,2,5-7,10H2/t8-/m0/s1. The third kappa shape index (κ3) is 2.23. The minimum Gasteiger partial charge on any atom is -0.326 e. The monoisotopic (exact) mass is 178 g/mol. The lowest BCUT2D eigenvalue weighted by Crippen LogP contribution is -2.26.